The maximum absolute atomic E-state index is 12.3. The Kier molecular flexibility index (Phi) is 8.46. The lowest BCUT2D eigenvalue weighted by molar-refractivity contribution is -0.0498. The predicted octanol–water partition coefficient (Wildman–Crippen LogP) is 5.15. The summed E-state index contributed by atoms with van der Waals surface area (Å²) in [5, 5.41) is 5.29. The van der Waals surface area contributed by atoms with Gasteiger partial charge in [-0.15, -0.1) is 0 Å². The third-order valence-electron chi connectivity index (χ3n) is 4.26. The van der Waals surface area contributed by atoms with E-state index in [-0.39, 0.29) is 11.8 Å². The lowest BCUT2D eigenvalue weighted by Gasteiger charge is -2.14. The van der Waals surface area contributed by atoms with Crippen LogP contribution in [0.5, 0.6) is 5.75 Å². The van der Waals surface area contributed by atoms with Gasteiger partial charge in [-0.25, -0.2) is 14.8 Å². The first-order valence-corrected chi connectivity index (χ1v) is 10.8. The summed E-state index contributed by atoms with van der Waals surface area (Å²) >= 11 is 2.12. The van der Waals surface area contributed by atoms with Gasteiger partial charge in [0.25, 0.3) is 0 Å². The number of amides is 2. The van der Waals surface area contributed by atoms with E-state index in [1.807, 2.05) is 16.2 Å². The van der Waals surface area contributed by atoms with Crippen molar-refractivity contribution in [1.82, 2.24) is 23.4 Å². The highest BCUT2D eigenvalue weighted by molar-refractivity contribution is 14.1. The maximum Gasteiger partial charge on any atom is 0.387 e. The van der Waals surface area contributed by atoms with Crippen LogP contribution in [0.1, 0.15) is 18.2 Å². The SMILES string of the molecule is C=C/C(=C\N(I)Cc1ccc(OC(F)F)cc1)c1cnc2ccc(NC(=O)NCC)nc2n1. The first-order valence-electron chi connectivity index (χ1n) is 9.87. The molecule has 11 heteroatoms. The first-order chi connectivity index (χ1) is 15.9. The van der Waals surface area contributed by atoms with E-state index in [2.05, 4.69) is 59.8 Å². The monoisotopic (exact) mass is 566 g/mol. The van der Waals surface area contributed by atoms with Crippen LogP contribution < -0.4 is 15.4 Å². The number of ether oxygens (including phenoxy) is 1. The van der Waals surface area contributed by atoms with Gasteiger partial charge in [0.2, 0.25) is 0 Å². The molecule has 0 bridgehead atoms. The fraction of sp³-hybridized carbons (Fsp3) is 0.182. The largest absolute Gasteiger partial charge is 0.435 e. The molecule has 0 saturated carbocycles. The fourth-order valence-corrected chi connectivity index (χ4v) is 3.49. The summed E-state index contributed by atoms with van der Waals surface area (Å²) < 4.78 is 30.8. The number of nitrogens with zero attached hydrogens (tertiary/aromatic N) is 4. The van der Waals surface area contributed by atoms with Gasteiger partial charge >= 0.3 is 12.6 Å². The Morgan fingerprint density at radius 3 is 2.67 bits per heavy atom. The number of halogens is 3. The van der Waals surface area contributed by atoms with Gasteiger partial charge in [-0.1, -0.05) is 24.8 Å². The molecular formula is C22H21F2IN6O2. The average Bonchev–Trinajstić information content (AvgIpc) is 2.78. The Morgan fingerprint density at radius 2 is 2.00 bits per heavy atom. The number of aromatic nitrogens is 3. The van der Waals surface area contributed by atoms with E-state index in [0.29, 0.717) is 41.3 Å². The Morgan fingerprint density at radius 1 is 1.24 bits per heavy atom. The fourth-order valence-electron chi connectivity index (χ4n) is 2.80. The highest BCUT2D eigenvalue weighted by atomic mass is 127. The zero-order chi connectivity index (χ0) is 23.8. The van der Waals surface area contributed by atoms with Crippen LogP contribution in [-0.4, -0.2) is 37.3 Å². The molecule has 0 aliphatic carbocycles. The number of anilines is 1. The molecule has 33 heavy (non-hydrogen) atoms. The summed E-state index contributed by atoms with van der Waals surface area (Å²) in [5.74, 6) is 0.467. The second kappa shape index (κ2) is 11.5. The van der Waals surface area contributed by atoms with E-state index < -0.39 is 6.61 Å². The molecule has 2 heterocycles. The Hall–Kier alpha value is -3.35. The van der Waals surface area contributed by atoms with Gasteiger partial charge in [0, 0.05) is 18.3 Å². The van der Waals surface area contributed by atoms with E-state index in [4.69, 9.17) is 0 Å². The standard InChI is InChI=1S/C22H21F2IN6O2/c1-3-15(13-31(25)12-14-5-7-16(8-6-14)33-21(23)24)18-11-27-17-9-10-19(29-20(17)28-18)30-22(32)26-4-2/h3,5-11,13,21H,1,4,12H2,2H3,(H2,26,28,29,30,32)/b15-13+. The molecule has 0 aliphatic heterocycles. The van der Waals surface area contributed by atoms with Gasteiger partial charge in [0.1, 0.15) is 17.1 Å². The number of rotatable bonds is 9. The number of alkyl halides is 2. The van der Waals surface area contributed by atoms with Gasteiger partial charge in [-0.05, 0) is 36.8 Å². The van der Waals surface area contributed by atoms with Crippen molar-refractivity contribution in [3.8, 4) is 5.75 Å². The molecule has 0 radical (unpaired) electrons. The number of pyridine rings is 1. The molecule has 0 fully saturated rings. The number of nitrogens with one attached hydrogen (secondary N) is 2. The van der Waals surface area contributed by atoms with Crippen molar-refractivity contribution < 1.29 is 18.3 Å². The summed E-state index contributed by atoms with van der Waals surface area (Å²) in [6, 6.07) is 9.45. The van der Waals surface area contributed by atoms with E-state index in [0.717, 1.165) is 5.56 Å². The topological polar surface area (TPSA) is 92.3 Å². The van der Waals surface area contributed by atoms with Crippen LogP contribution in [0.2, 0.25) is 0 Å². The van der Waals surface area contributed by atoms with Crippen LogP contribution in [0.15, 0.2) is 61.4 Å². The average molecular weight is 566 g/mol. The molecule has 0 aliphatic rings. The number of carbonyl (C=O) groups is 1. The van der Waals surface area contributed by atoms with Gasteiger partial charge < -0.3 is 13.2 Å². The summed E-state index contributed by atoms with van der Waals surface area (Å²) in [6.07, 6.45) is 5.11. The van der Waals surface area contributed by atoms with E-state index >= 15 is 0 Å². The Balaban J connectivity index is 1.76. The van der Waals surface area contributed by atoms with Gasteiger partial charge in [-0.3, -0.25) is 10.3 Å². The van der Waals surface area contributed by atoms with Crippen molar-refractivity contribution in [2.45, 2.75) is 20.1 Å². The number of allylic oxidation sites excluding steroid dienone is 2. The number of benzene rings is 1. The molecule has 0 spiro atoms. The van der Waals surface area contributed by atoms with Crippen molar-refractivity contribution in [1.29, 1.82) is 0 Å². The summed E-state index contributed by atoms with van der Waals surface area (Å²) in [7, 11) is 0. The van der Waals surface area contributed by atoms with Crippen LogP contribution in [0, 0.1) is 0 Å². The first kappa shape index (κ1) is 24.3. The van der Waals surface area contributed by atoms with Crippen molar-refractivity contribution >= 4 is 51.5 Å². The molecule has 3 aromatic rings. The Labute approximate surface area is 203 Å². The van der Waals surface area contributed by atoms with Gasteiger partial charge in [0.05, 0.1) is 41.3 Å². The zero-order valence-electron chi connectivity index (χ0n) is 17.6. The van der Waals surface area contributed by atoms with Crippen LogP contribution in [0.3, 0.4) is 0 Å². The number of hydrogen-bond donors (Lipinski definition) is 2. The third kappa shape index (κ3) is 7.07. The van der Waals surface area contributed by atoms with Crippen LogP contribution in [-0.2, 0) is 6.54 Å². The lowest BCUT2D eigenvalue weighted by Crippen LogP contribution is -2.28. The summed E-state index contributed by atoms with van der Waals surface area (Å²) in [5.41, 5.74) is 3.13. The highest BCUT2D eigenvalue weighted by Crippen LogP contribution is 2.21. The molecular weight excluding hydrogens is 545 g/mol. The normalized spacial score (nSPS) is 11.4. The molecule has 0 saturated heterocycles. The van der Waals surface area contributed by atoms with Gasteiger partial charge in [0.15, 0.2) is 5.65 Å². The number of carbonyl (C=O) groups excluding carboxylic acids is 1. The van der Waals surface area contributed by atoms with E-state index in [1.54, 1.807) is 36.5 Å². The minimum atomic E-state index is -2.85. The quantitative estimate of drug-likeness (QED) is 0.212. The molecule has 2 amide bonds. The van der Waals surface area contributed by atoms with Crippen LogP contribution in [0.4, 0.5) is 19.4 Å². The molecule has 8 nitrogen and oxygen atoms in total. The van der Waals surface area contributed by atoms with Gasteiger partial charge in [-0.2, -0.15) is 8.78 Å². The minimum Gasteiger partial charge on any atom is -0.435 e. The summed E-state index contributed by atoms with van der Waals surface area (Å²) in [4.78, 5) is 25.1. The lowest BCUT2D eigenvalue weighted by atomic mass is 10.2. The molecule has 2 aromatic heterocycles. The predicted molar refractivity (Wildman–Crippen MR) is 131 cm³/mol. The third-order valence-corrected chi connectivity index (χ3v) is 4.88. The van der Waals surface area contributed by atoms with E-state index in [9.17, 15) is 13.6 Å². The molecule has 3 rings (SSSR count). The second-order valence-corrected chi connectivity index (χ2v) is 7.89. The number of urea groups is 1. The molecule has 172 valence electrons. The van der Waals surface area contributed by atoms with Crippen molar-refractivity contribution in [3.63, 3.8) is 0 Å². The summed E-state index contributed by atoms with van der Waals surface area (Å²) in [6.45, 7) is 3.83. The zero-order valence-corrected chi connectivity index (χ0v) is 19.8. The minimum absolute atomic E-state index is 0.107. The maximum atomic E-state index is 12.3. The number of fused-ring (bicyclic) bond motifs is 1. The van der Waals surface area contributed by atoms with Crippen LogP contribution >= 0.6 is 22.9 Å². The smallest absolute Gasteiger partial charge is 0.387 e. The Bertz CT molecular complexity index is 1160. The number of hydrogen-bond acceptors (Lipinski definition) is 6. The molecule has 2 N–H and O–H groups in total. The molecule has 0 atom stereocenters. The second-order valence-electron chi connectivity index (χ2n) is 6.65. The van der Waals surface area contributed by atoms with Crippen LogP contribution in [0.25, 0.3) is 16.7 Å². The van der Waals surface area contributed by atoms with Crippen molar-refractivity contribution in [3.05, 3.63) is 72.7 Å². The molecule has 0 unspecified atom stereocenters. The highest BCUT2D eigenvalue weighted by Gasteiger charge is 2.09. The van der Waals surface area contributed by atoms with E-state index in [1.165, 1.54) is 12.1 Å². The van der Waals surface area contributed by atoms with Crippen molar-refractivity contribution in [2.24, 2.45) is 0 Å². The molecule has 1 aromatic carbocycles. The van der Waals surface area contributed by atoms with Crippen molar-refractivity contribution in [2.75, 3.05) is 11.9 Å².